The monoisotopic (exact) mass is 299 g/mol. The number of hydrogen-bond donors (Lipinski definition) is 0. The molecule has 1 fully saturated rings. The van der Waals surface area contributed by atoms with E-state index >= 15 is 0 Å². The molecule has 1 aromatic rings. The average molecular weight is 300 g/mol. The number of nitro groups is 1. The Morgan fingerprint density at radius 3 is 2.75 bits per heavy atom. The van der Waals surface area contributed by atoms with E-state index in [0.717, 1.165) is 12.0 Å². The number of aryl methyl sites for hydroxylation is 1. The van der Waals surface area contributed by atoms with Gasteiger partial charge in [-0.3, -0.25) is 10.1 Å². The van der Waals surface area contributed by atoms with Crippen LogP contribution in [0, 0.1) is 10.1 Å². The topological polar surface area (TPSA) is 61.6 Å². The van der Waals surface area contributed by atoms with Crippen LogP contribution >= 0.6 is 11.6 Å². The van der Waals surface area contributed by atoms with E-state index in [0.29, 0.717) is 13.0 Å². The molecule has 0 amide bonds. The smallest absolute Gasteiger partial charge is 0.311 e. The van der Waals surface area contributed by atoms with Crippen molar-refractivity contribution in [2.24, 2.45) is 0 Å². The third kappa shape index (κ3) is 3.04. The van der Waals surface area contributed by atoms with Crippen LogP contribution in [0.2, 0.25) is 0 Å². The highest BCUT2D eigenvalue weighted by Crippen LogP contribution is 2.36. The zero-order valence-corrected chi connectivity index (χ0v) is 12.3. The van der Waals surface area contributed by atoms with Crippen LogP contribution in [0.5, 0.6) is 5.75 Å². The minimum Gasteiger partial charge on any atom is -0.481 e. The second-order valence-electron chi connectivity index (χ2n) is 4.74. The molecule has 1 aliphatic carbocycles. The Hall–Kier alpha value is -1.33. The van der Waals surface area contributed by atoms with Gasteiger partial charge >= 0.3 is 5.69 Å². The SMILES string of the molecule is CCOC1C(Cl)CC1Oc1ccc(CC)cc1[N+](=O)[O-]. The van der Waals surface area contributed by atoms with Crippen LogP contribution in [0.3, 0.4) is 0 Å². The van der Waals surface area contributed by atoms with Crippen LogP contribution in [-0.2, 0) is 11.2 Å². The maximum absolute atomic E-state index is 11.1. The maximum Gasteiger partial charge on any atom is 0.311 e. The fraction of sp³-hybridized carbons (Fsp3) is 0.571. The number of nitrogens with zero attached hydrogens (tertiary/aromatic N) is 1. The minimum atomic E-state index is -0.416. The van der Waals surface area contributed by atoms with Gasteiger partial charge in [0.2, 0.25) is 0 Å². The van der Waals surface area contributed by atoms with Crippen LogP contribution in [0.25, 0.3) is 0 Å². The van der Waals surface area contributed by atoms with Crippen molar-refractivity contribution >= 4 is 17.3 Å². The van der Waals surface area contributed by atoms with E-state index in [1.807, 2.05) is 19.9 Å². The van der Waals surface area contributed by atoms with Crippen molar-refractivity contribution in [3.8, 4) is 5.75 Å². The van der Waals surface area contributed by atoms with Gasteiger partial charge in [0.05, 0.1) is 10.3 Å². The highest BCUT2D eigenvalue weighted by Gasteiger charge is 2.43. The number of nitro benzene ring substituents is 1. The van der Waals surface area contributed by atoms with E-state index in [1.165, 1.54) is 0 Å². The molecule has 5 nitrogen and oxygen atoms in total. The molecule has 3 atom stereocenters. The zero-order chi connectivity index (χ0) is 14.7. The first-order valence-corrected chi connectivity index (χ1v) is 7.20. The summed E-state index contributed by atoms with van der Waals surface area (Å²) in [6, 6.07) is 5.05. The highest BCUT2D eigenvalue weighted by molar-refractivity contribution is 6.21. The Morgan fingerprint density at radius 2 is 2.20 bits per heavy atom. The van der Waals surface area contributed by atoms with Crippen molar-refractivity contribution in [3.05, 3.63) is 33.9 Å². The molecule has 0 spiro atoms. The molecule has 1 aliphatic rings. The van der Waals surface area contributed by atoms with E-state index in [-0.39, 0.29) is 29.0 Å². The lowest BCUT2D eigenvalue weighted by atomic mass is 9.91. The summed E-state index contributed by atoms with van der Waals surface area (Å²) in [6.45, 7) is 4.39. The third-order valence-corrected chi connectivity index (χ3v) is 3.87. The minimum absolute atomic E-state index is 0.00220. The van der Waals surface area contributed by atoms with Gasteiger partial charge in [-0.1, -0.05) is 13.0 Å². The number of alkyl halides is 1. The average Bonchev–Trinajstić information content (AvgIpc) is 2.44. The lowest BCUT2D eigenvalue weighted by molar-refractivity contribution is -0.386. The molecule has 110 valence electrons. The molecule has 0 aromatic heterocycles. The predicted octanol–water partition coefficient (Wildman–Crippen LogP) is 3.32. The van der Waals surface area contributed by atoms with Crippen LogP contribution in [0.1, 0.15) is 25.8 Å². The molecule has 6 heteroatoms. The van der Waals surface area contributed by atoms with Crippen molar-refractivity contribution in [1.82, 2.24) is 0 Å². The highest BCUT2D eigenvalue weighted by atomic mass is 35.5. The molecule has 1 saturated carbocycles. The van der Waals surface area contributed by atoms with Crippen LogP contribution in [-0.4, -0.2) is 29.1 Å². The summed E-state index contributed by atoms with van der Waals surface area (Å²) in [7, 11) is 0. The van der Waals surface area contributed by atoms with Gasteiger partial charge in [0, 0.05) is 19.1 Å². The molecule has 0 bridgehead atoms. The number of rotatable bonds is 6. The van der Waals surface area contributed by atoms with Gasteiger partial charge in [0.15, 0.2) is 5.75 Å². The van der Waals surface area contributed by atoms with Gasteiger partial charge < -0.3 is 9.47 Å². The summed E-state index contributed by atoms with van der Waals surface area (Å²) in [5, 5.41) is 11.0. The molecule has 3 unspecified atom stereocenters. The molecule has 1 aromatic carbocycles. The fourth-order valence-electron chi connectivity index (χ4n) is 2.23. The van der Waals surface area contributed by atoms with Crippen molar-refractivity contribution in [3.63, 3.8) is 0 Å². The lowest BCUT2D eigenvalue weighted by Crippen LogP contribution is -2.52. The van der Waals surface area contributed by atoms with E-state index in [4.69, 9.17) is 21.1 Å². The Kier molecular flexibility index (Phi) is 4.83. The number of hydrogen-bond acceptors (Lipinski definition) is 4. The first kappa shape index (κ1) is 15.1. The van der Waals surface area contributed by atoms with Gasteiger partial charge in [-0.2, -0.15) is 0 Å². The molecule has 0 radical (unpaired) electrons. The molecular formula is C14H18ClNO4. The Balaban J connectivity index is 2.15. The molecule has 0 N–H and O–H groups in total. The van der Waals surface area contributed by atoms with Gasteiger partial charge in [-0.15, -0.1) is 11.6 Å². The Bertz CT molecular complexity index is 494. The summed E-state index contributed by atoms with van der Waals surface area (Å²) in [5.74, 6) is 0.283. The van der Waals surface area contributed by atoms with Crippen molar-refractivity contribution in [2.45, 2.75) is 44.3 Å². The van der Waals surface area contributed by atoms with Crippen LogP contribution in [0.4, 0.5) is 5.69 Å². The third-order valence-electron chi connectivity index (χ3n) is 3.45. The number of ether oxygens (including phenoxy) is 2. The summed E-state index contributed by atoms with van der Waals surface area (Å²) >= 11 is 6.07. The van der Waals surface area contributed by atoms with E-state index < -0.39 is 4.92 Å². The summed E-state index contributed by atoms with van der Waals surface area (Å²) in [4.78, 5) is 10.7. The summed E-state index contributed by atoms with van der Waals surface area (Å²) < 4.78 is 11.2. The van der Waals surface area contributed by atoms with Gasteiger partial charge in [-0.05, 0) is 25.0 Å². The first-order valence-electron chi connectivity index (χ1n) is 6.76. The maximum atomic E-state index is 11.1. The van der Waals surface area contributed by atoms with Gasteiger partial charge in [-0.25, -0.2) is 0 Å². The molecule has 0 aliphatic heterocycles. The van der Waals surface area contributed by atoms with Gasteiger partial charge in [0.1, 0.15) is 12.2 Å². The summed E-state index contributed by atoms with van der Waals surface area (Å²) in [6.07, 6.45) is 0.963. The molecule has 2 rings (SSSR count). The second-order valence-corrected chi connectivity index (χ2v) is 5.30. The van der Waals surface area contributed by atoms with E-state index in [2.05, 4.69) is 0 Å². The fourth-order valence-corrected chi connectivity index (χ4v) is 2.65. The van der Waals surface area contributed by atoms with Crippen molar-refractivity contribution < 1.29 is 14.4 Å². The van der Waals surface area contributed by atoms with E-state index in [1.54, 1.807) is 12.1 Å². The Morgan fingerprint density at radius 1 is 1.45 bits per heavy atom. The molecule has 20 heavy (non-hydrogen) atoms. The first-order chi connectivity index (χ1) is 9.56. The number of benzene rings is 1. The summed E-state index contributed by atoms with van der Waals surface area (Å²) in [5.41, 5.74) is 0.909. The second kappa shape index (κ2) is 6.41. The van der Waals surface area contributed by atoms with Crippen molar-refractivity contribution in [2.75, 3.05) is 6.61 Å². The largest absolute Gasteiger partial charge is 0.481 e. The molecule has 0 saturated heterocycles. The van der Waals surface area contributed by atoms with Gasteiger partial charge in [0.25, 0.3) is 0 Å². The van der Waals surface area contributed by atoms with Crippen LogP contribution < -0.4 is 4.74 Å². The number of halogens is 1. The molecular weight excluding hydrogens is 282 g/mol. The van der Waals surface area contributed by atoms with Crippen molar-refractivity contribution in [1.29, 1.82) is 0 Å². The zero-order valence-electron chi connectivity index (χ0n) is 11.5. The lowest BCUT2D eigenvalue weighted by Gasteiger charge is -2.40. The predicted molar refractivity (Wildman–Crippen MR) is 76.6 cm³/mol. The normalized spacial score (nSPS) is 25.1. The Labute approximate surface area is 123 Å². The standard InChI is InChI=1S/C14H18ClNO4/c1-3-9-5-6-12(11(7-9)16(17)18)20-13-8-10(15)14(13)19-4-2/h5-7,10,13-14H,3-4,8H2,1-2H3. The van der Waals surface area contributed by atoms with E-state index in [9.17, 15) is 10.1 Å². The quantitative estimate of drug-likeness (QED) is 0.459. The van der Waals surface area contributed by atoms with Crippen LogP contribution in [0.15, 0.2) is 18.2 Å². The molecule has 0 heterocycles.